The van der Waals surface area contributed by atoms with Crippen LogP contribution < -0.4 is 15.0 Å². The standard InChI is InChI=1S/C17H23ClN2O3/c1-5-17(2,3)19-16(22)11-8-15(21)20(10-11)13-9-12(18)6-7-14(13)23-4/h6-7,9,11H,5,8,10H2,1-4H3,(H,19,22). The van der Waals surface area contributed by atoms with E-state index < -0.39 is 0 Å². The Morgan fingerprint density at radius 3 is 2.78 bits per heavy atom. The summed E-state index contributed by atoms with van der Waals surface area (Å²) in [6, 6.07) is 5.12. The number of methoxy groups -OCH3 is 1. The average molecular weight is 339 g/mol. The van der Waals surface area contributed by atoms with Gasteiger partial charge in [0.15, 0.2) is 0 Å². The van der Waals surface area contributed by atoms with E-state index in [4.69, 9.17) is 16.3 Å². The molecule has 1 aromatic rings. The molecule has 0 aliphatic carbocycles. The van der Waals surface area contributed by atoms with Crippen LogP contribution in [0.1, 0.15) is 33.6 Å². The van der Waals surface area contributed by atoms with Gasteiger partial charge < -0.3 is 15.0 Å². The number of rotatable bonds is 5. The van der Waals surface area contributed by atoms with E-state index in [-0.39, 0.29) is 29.7 Å². The number of amides is 2. The predicted octanol–water partition coefficient (Wildman–Crippen LogP) is 3.01. The molecule has 0 spiro atoms. The molecule has 0 saturated carbocycles. The van der Waals surface area contributed by atoms with Crippen molar-refractivity contribution in [2.45, 2.75) is 39.2 Å². The number of halogens is 1. The Balaban J connectivity index is 2.17. The SMILES string of the molecule is CCC(C)(C)NC(=O)C1CC(=O)N(c2cc(Cl)ccc2OC)C1. The number of anilines is 1. The van der Waals surface area contributed by atoms with E-state index in [1.807, 2.05) is 20.8 Å². The van der Waals surface area contributed by atoms with Gasteiger partial charge in [0.1, 0.15) is 5.75 Å². The third-order valence-corrected chi connectivity index (χ3v) is 4.51. The zero-order valence-corrected chi connectivity index (χ0v) is 14.7. The topological polar surface area (TPSA) is 58.6 Å². The lowest BCUT2D eigenvalue weighted by Gasteiger charge is -2.26. The molecular weight excluding hydrogens is 316 g/mol. The number of carbonyl (C=O) groups is 2. The van der Waals surface area contributed by atoms with Crippen LogP contribution in [0, 0.1) is 5.92 Å². The summed E-state index contributed by atoms with van der Waals surface area (Å²) in [6.45, 7) is 6.29. The summed E-state index contributed by atoms with van der Waals surface area (Å²) >= 11 is 6.03. The molecule has 5 nitrogen and oxygen atoms in total. The van der Waals surface area contributed by atoms with Gasteiger partial charge in [0.25, 0.3) is 0 Å². The van der Waals surface area contributed by atoms with Crippen LogP contribution in [0.5, 0.6) is 5.75 Å². The van der Waals surface area contributed by atoms with E-state index in [2.05, 4.69) is 5.32 Å². The molecule has 1 aliphatic heterocycles. The molecule has 0 aromatic heterocycles. The normalized spacial score (nSPS) is 18.2. The molecule has 0 bridgehead atoms. The van der Waals surface area contributed by atoms with Gasteiger partial charge in [-0.3, -0.25) is 9.59 Å². The lowest BCUT2D eigenvalue weighted by atomic mass is 9.99. The monoisotopic (exact) mass is 338 g/mol. The molecule has 23 heavy (non-hydrogen) atoms. The van der Waals surface area contributed by atoms with Crippen LogP contribution in [0.15, 0.2) is 18.2 Å². The van der Waals surface area contributed by atoms with Crippen molar-refractivity contribution < 1.29 is 14.3 Å². The van der Waals surface area contributed by atoms with Crippen LogP contribution in [0.4, 0.5) is 5.69 Å². The van der Waals surface area contributed by atoms with Gasteiger partial charge in [-0.25, -0.2) is 0 Å². The molecule has 1 aliphatic rings. The van der Waals surface area contributed by atoms with Crippen molar-refractivity contribution in [3.63, 3.8) is 0 Å². The molecule has 1 heterocycles. The van der Waals surface area contributed by atoms with Gasteiger partial charge in [0, 0.05) is 23.5 Å². The smallest absolute Gasteiger partial charge is 0.227 e. The number of nitrogens with one attached hydrogen (secondary N) is 1. The Morgan fingerprint density at radius 1 is 1.48 bits per heavy atom. The van der Waals surface area contributed by atoms with Gasteiger partial charge in [0.05, 0.1) is 18.7 Å². The fraction of sp³-hybridized carbons (Fsp3) is 0.529. The van der Waals surface area contributed by atoms with E-state index in [0.29, 0.717) is 23.0 Å². The first-order valence-corrected chi connectivity index (χ1v) is 8.11. The van der Waals surface area contributed by atoms with Crippen LogP contribution >= 0.6 is 11.6 Å². The summed E-state index contributed by atoms with van der Waals surface area (Å²) in [7, 11) is 1.54. The third kappa shape index (κ3) is 3.96. The quantitative estimate of drug-likeness (QED) is 0.897. The fourth-order valence-electron chi connectivity index (χ4n) is 2.51. The second-order valence-electron chi connectivity index (χ2n) is 6.45. The van der Waals surface area contributed by atoms with E-state index in [1.54, 1.807) is 30.2 Å². The number of hydrogen-bond acceptors (Lipinski definition) is 3. The molecule has 6 heteroatoms. The number of hydrogen-bond donors (Lipinski definition) is 1. The summed E-state index contributed by atoms with van der Waals surface area (Å²) in [6.07, 6.45) is 1.02. The van der Waals surface area contributed by atoms with Crippen molar-refractivity contribution in [2.24, 2.45) is 5.92 Å². The molecule has 1 N–H and O–H groups in total. The van der Waals surface area contributed by atoms with E-state index in [1.165, 1.54) is 0 Å². The van der Waals surface area contributed by atoms with Gasteiger partial charge in [0.2, 0.25) is 11.8 Å². The van der Waals surface area contributed by atoms with E-state index in [9.17, 15) is 9.59 Å². The van der Waals surface area contributed by atoms with Gasteiger partial charge in [-0.15, -0.1) is 0 Å². The third-order valence-electron chi connectivity index (χ3n) is 4.27. The first-order chi connectivity index (χ1) is 10.8. The Morgan fingerprint density at radius 2 is 2.17 bits per heavy atom. The van der Waals surface area contributed by atoms with Crippen molar-refractivity contribution in [1.29, 1.82) is 0 Å². The van der Waals surface area contributed by atoms with Crippen LogP contribution in [0.2, 0.25) is 5.02 Å². The maximum Gasteiger partial charge on any atom is 0.227 e. The van der Waals surface area contributed by atoms with Crippen molar-refractivity contribution in [3.8, 4) is 5.75 Å². The van der Waals surface area contributed by atoms with E-state index in [0.717, 1.165) is 6.42 Å². The molecule has 2 rings (SSSR count). The molecule has 1 fully saturated rings. The van der Waals surface area contributed by atoms with Crippen molar-refractivity contribution in [3.05, 3.63) is 23.2 Å². The number of ether oxygens (including phenoxy) is 1. The molecule has 0 radical (unpaired) electrons. The molecular formula is C17H23ClN2O3. The molecule has 126 valence electrons. The fourth-order valence-corrected chi connectivity index (χ4v) is 2.68. The van der Waals surface area contributed by atoms with Crippen molar-refractivity contribution in [2.75, 3.05) is 18.6 Å². The summed E-state index contributed by atoms with van der Waals surface area (Å²) in [4.78, 5) is 26.3. The zero-order valence-electron chi connectivity index (χ0n) is 14.0. The minimum Gasteiger partial charge on any atom is -0.495 e. The minimum absolute atomic E-state index is 0.0892. The first-order valence-electron chi connectivity index (χ1n) is 7.73. The van der Waals surface area contributed by atoms with Crippen LogP contribution in [-0.2, 0) is 9.59 Å². The van der Waals surface area contributed by atoms with Gasteiger partial charge in [-0.2, -0.15) is 0 Å². The van der Waals surface area contributed by atoms with Crippen LogP contribution in [-0.4, -0.2) is 31.0 Å². The summed E-state index contributed by atoms with van der Waals surface area (Å²) < 4.78 is 5.30. The number of benzene rings is 1. The highest BCUT2D eigenvalue weighted by molar-refractivity contribution is 6.31. The average Bonchev–Trinajstić information content (AvgIpc) is 2.89. The van der Waals surface area contributed by atoms with E-state index >= 15 is 0 Å². The molecule has 1 unspecified atom stereocenters. The van der Waals surface area contributed by atoms with Crippen LogP contribution in [0.25, 0.3) is 0 Å². The maximum absolute atomic E-state index is 12.4. The highest BCUT2D eigenvalue weighted by atomic mass is 35.5. The Bertz CT molecular complexity index is 616. The minimum atomic E-state index is -0.364. The van der Waals surface area contributed by atoms with Gasteiger partial charge in [-0.05, 0) is 38.5 Å². The highest BCUT2D eigenvalue weighted by Crippen LogP contribution is 2.35. The molecule has 2 amide bonds. The Kier molecular flexibility index (Phi) is 5.19. The molecule has 1 aromatic carbocycles. The lowest BCUT2D eigenvalue weighted by molar-refractivity contribution is -0.127. The molecule has 1 saturated heterocycles. The summed E-state index contributed by atoms with van der Waals surface area (Å²) in [5, 5.41) is 3.53. The van der Waals surface area contributed by atoms with Crippen molar-refractivity contribution in [1.82, 2.24) is 5.32 Å². The highest BCUT2D eigenvalue weighted by Gasteiger charge is 2.37. The number of nitrogens with zero attached hydrogens (tertiary/aromatic N) is 1. The number of carbonyl (C=O) groups excluding carboxylic acids is 2. The second-order valence-corrected chi connectivity index (χ2v) is 6.88. The predicted molar refractivity (Wildman–Crippen MR) is 91.0 cm³/mol. The Labute approximate surface area is 141 Å². The van der Waals surface area contributed by atoms with Gasteiger partial charge in [-0.1, -0.05) is 18.5 Å². The van der Waals surface area contributed by atoms with Crippen molar-refractivity contribution >= 4 is 29.1 Å². The largest absolute Gasteiger partial charge is 0.495 e. The zero-order chi connectivity index (χ0) is 17.2. The maximum atomic E-state index is 12.4. The first kappa shape index (κ1) is 17.6. The summed E-state index contributed by atoms with van der Waals surface area (Å²) in [5.41, 5.74) is 0.330. The van der Waals surface area contributed by atoms with Gasteiger partial charge >= 0.3 is 0 Å². The molecule has 1 atom stereocenters. The second kappa shape index (κ2) is 6.79. The van der Waals surface area contributed by atoms with Crippen LogP contribution in [0.3, 0.4) is 0 Å². The Hall–Kier alpha value is -1.75. The lowest BCUT2D eigenvalue weighted by Crippen LogP contribution is -2.46. The summed E-state index contributed by atoms with van der Waals surface area (Å²) in [5.74, 6) is 0.0171.